The van der Waals surface area contributed by atoms with Gasteiger partial charge in [0.2, 0.25) is 5.75 Å². The number of nitrogens with zero attached hydrogens (tertiary/aromatic N) is 1. The minimum atomic E-state index is 0.589. The summed E-state index contributed by atoms with van der Waals surface area (Å²) < 4.78 is 16.2. The number of imidazole rings is 1. The standard InChI is InChI=1S/C23H23N3O3/c1-27-20-11-15(12-21(28-2)22(20)29-3)14-24-17-8-6-7-16(13-17)23-25-18-9-4-5-10-19(18)26-23/h4-13,24H,14H2,1-3H3,(H,25,26). The molecule has 0 aliphatic rings. The van der Waals surface area contributed by atoms with E-state index in [-0.39, 0.29) is 0 Å². The second-order valence-electron chi connectivity index (χ2n) is 6.57. The van der Waals surface area contributed by atoms with Crippen LogP contribution >= 0.6 is 0 Å². The lowest BCUT2D eigenvalue weighted by molar-refractivity contribution is 0.324. The van der Waals surface area contributed by atoms with Crippen molar-refractivity contribution in [2.45, 2.75) is 6.54 Å². The highest BCUT2D eigenvalue weighted by Crippen LogP contribution is 2.38. The molecular formula is C23H23N3O3. The fourth-order valence-electron chi connectivity index (χ4n) is 3.31. The van der Waals surface area contributed by atoms with E-state index in [1.165, 1.54) is 0 Å². The highest BCUT2D eigenvalue weighted by atomic mass is 16.5. The number of rotatable bonds is 7. The van der Waals surface area contributed by atoms with Crippen LogP contribution in [0.2, 0.25) is 0 Å². The molecule has 6 nitrogen and oxygen atoms in total. The molecule has 0 fully saturated rings. The molecule has 0 spiro atoms. The maximum atomic E-state index is 5.43. The van der Waals surface area contributed by atoms with Crippen molar-refractivity contribution in [1.82, 2.24) is 9.97 Å². The van der Waals surface area contributed by atoms with E-state index in [1.807, 2.05) is 54.6 Å². The van der Waals surface area contributed by atoms with Crippen molar-refractivity contribution >= 4 is 16.7 Å². The van der Waals surface area contributed by atoms with Crippen molar-refractivity contribution in [3.05, 3.63) is 66.2 Å². The van der Waals surface area contributed by atoms with Gasteiger partial charge in [0, 0.05) is 17.8 Å². The summed E-state index contributed by atoms with van der Waals surface area (Å²) in [5.74, 6) is 2.72. The zero-order valence-corrected chi connectivity index (χ0v) is 16.7. The van der Waals surface area contributed by atoms with Gasteiger partial charge in [0.15, 0.2) is 11.5 Å². The Morgan fingerprint density at radius 2 is 1.62 bits per heavy atom. The van der Waals surface area contributed by atoms with Crippen LogP contribution in [0.5, 0.6) is 17.2 Å². The Balaban J connectivity index is 1.56. The number of hydrogen-bond donors (Lipinski definition) is 2. The summed E-state index contributed by atoms with van der Waals surface area (Å²) in [4.78, 5) is 8.05. The molecule has 4 rings (SSSR count). The Labute approximate surface area is 169 Å². The molecular weight excluding hydrogens is 366 g/mol. The first-order chi connectivity index (χ1) is 14.2. The molecule has 0 saturated carbocycles. The number of benzene rings is 3. The van der Waals surface area contributed by atoms with E-state index in [2.05, 4.69) is 21.4 Å². The fraction of sp³-hybridized carbons (Fsp3) is 0.174. The quantitative estimate of drug-likeness (QED) is 0.472. The highest BCUT2D eigenvalue weighted by molar-refractivity contribution is 5.79. The molecule has 148 valence electrons. The summed E-state index contributed by atoms with van der Waals surface area (Å²) in [7, 11) is 4.83. The first-order valence-electron chi connectivity index (χ1n) is 9.29. The van der Waals surface area contributed by atoms with E-state index in [0.29, 0.717) is 23.8 Å². The molecule has 2 N–H and O–H groups in total. The van der Waals surface area contributed by atoms with Crippen molar-refractivity contribution < 1.29 is 14.2 Å². The van der Waals surface area contributed by atoms with E-state index in [4.69, 9.17) is 14.2 Å². The Bertz CT molecular complexity index is 1080. The van der Waals surface area contributed by atoms with Crippen LogP contribution in [0.3, 0.4) is 0 Å². The van der Waals surface area contributed by atoms with E-state index < -0.39 is 0 Å². The number of ether oxygens (including phenoxy) is 3. The largest absolute Gasteiger partial charge is 0.493 e. The first-order valence-corrected chi connectivity index (χ1v) is 9.29. The van der Waals surface area contributed by atoms with Gasteiger partial charge in [-0.1, -0.05) is 24.3 Å². The van der Waals surface area contributed by atoms with Gasteiger partial charge in [-0.3, -0.25) is 0 Å². The molecule has 29 heavy (non-hydrogen) atoms. The summed E-state index contributed by atoms with van der Waals surface area (Å²) >= 11 is 0. The number of aromatic nitrogens is 2. The lowest BCUT2D eigenvalue weighted by Gasteiger charge is -2.15. The summed E-state index contributed by atoms with van der Waals surface area (Å²) in [6.45, 7) is 0.611. The second-order valence-corrected chi connectivity index (χ2v) is 6.57. The van der Waals surface area contributed by atoms with Crippen molar-refractivity contribution in [2.24, 2.45) is 0 Å². The van der Waals surface area contributed by atoms with Gasteiger partial charge in [-0.2, -0.15) is 0 Å². The average molecular weight is 389 g/mol. The van der Waals surface area contributed by atoms with E-state index in [9.17, 15) is 0 Å². The molecule has 4 aromatic rings. The summed E-state index contributed by atoms with van der Waals surface area (Å²) in [5.41, 5.74) is 5.03. The molecule has 0 aliphatic carbocycles. The fourth-order valence-corrected chi connectivity index (χ4v) is 3.31. The number of para-hydroxylation sites is 2. The third-order valence-corrected chi connectivity index (χ3v) is 4.75. The van der Waals surface area contributed by atoms with Crippen LogP contribution < -0.4 is 19.5 Å². The zero-order chi connectivity index (χ0) is 20.2. The Morgan fingerprint density at radius 1 is 0.862 bits per heavy atom. The SMILES string of the molecule is COc1cc(CNc2cccc(-c3nc4ccccc4[nH]3)c2)cc(OC)c1OC. The molecule has 0 amide bonds. The summed E-state index contributed by atoms with van der Waals surface area (Å²) in [6, 6.07) is 20.1. The minimum Gasteiger partial charge on any atom is -0.493 e. The van der Waals surface area contributed by atoms with Crippen molar-refractivity contribution in [3.8, 4) is 28.6 Å². The van der Waals surface area contributed by atoms with E-state index in [1.54, 1.807) is 21.3 Å². The van der Waals surface area contributed by atoms with Gasteiger partial charge in [-0.05, 0) is 42.0 Å². The van der Waals surface area contributed by atoms with Gasteiger partial charge in [0.25, 0.3) is 0 Å². The van der Waals surface area contributed by atoms with E-state index in [0.717, 1.165) is 33.7 Å². The van der Waals surface area contributed by atoms with Crippen molar-refractivity contribution in [2.75, 3.05) is 26.6 Å². The van der Waals surface area contributed by atoms with Gasteiger partial charge in [0.1, 0.15) is 5.82 Å². The zero-order valence-electron chi connectivity index (χ0n) is 16.7. The molecule has 0 aliphatic heterocycles. The first kappa shape index (κ1) is 18.7. The van der Waals surface area contributed by atoms with Crippen LogP contribution in [0.25, 0.3) is 22.4 Å². The average Bonchev–Trinajstić information content (AvgIpc) is 3.21. The number of aromatic amines is 1. The maximum Gasteiger partial charge on any atom is 0.203 e. The normalized spacial score (nSPS) is 10.7. The van der Waals surface area contributed by atoms with Crippen molar-refractivity contribution in [3.63, 3.8) is 0 Å². The van der Waals surface area contributed by atoms with Crippen molar-refractivity contribution in [1.29, 1.82) is 0 Å². The number of nitrogens with one attached hydrogen (secondary N) is 2. The van der Waals surface area contributed by atoms with E-state index >= 15 is 0 Å². The Kier molecular flexibility index (Phi) is 5.24. The Morgan fingerprint density at radius 3 is 2.31 bits per heavy atom. The van der Waals surface area contributed by atoms with Crippen LogP contribution in [0.15, 0.2) is 60.7 Å². The predicted octanol–water partition coefficient (Wildman–Crippen LogP) is 4.87. The lowest BCUT2D eigenvalue weighted by Crippen LogP contribution is -2.02. The monoisotopic (exact) mass is 389 g/mol. The lowest BCUT2D eigenvalue weighted by atomic mass is 10.1. The third-order valence-electron chi connectivity index (χ3n) is 4.75. The molecule has 6 heteroatoms. The van der Waals surface area contributed by atoms with Crippen LogP contribution in [0, 0.1) is 0 Å². The van der Waals surface area contributed by atoms with Gasteiger partial charge < -0.3 is 24.5 Å². The third kappa shape index (κ3) is 3.82. The van der Waals surface area contributed by atoms with Gasteiger partial charge >= 0.3 is 0 Å². The molecule has 0 radical (unpaired) electrons. The number of methoxy groups -OCH3 is 3. The second kappa shape index (κ2) is 8.14. The van der Waals surface area contributed by atoms with Crippen LogP contribution in [0.1, 0.15) is 5.56 Å². The molecule has 0 saturated heterocycles. The highest BCUT2D eigenvalue weighted by Gasteiger charge is 2.13. The molecule has 3 aromatic carbocycles. The molecule has 1 aromatic heterocycles. The number of fused-ring (bicyclic) bond motifs is 1. The van der Waals surface area contributed by atoms with Crippen LogP contribution in [-0.2, 0) is 6.54 Å². The molecule has 1 heterocycles. The van der Waals surface area contributed by atoms with Crippen LogP contribution in [-0.4, -0.2) is 31.3 Å². The number of hydrogen-bond acceptors (Lipinski definition) is 5. The van der Waals surface area contributed by atoms with Gasteiger partial charge in [-0.15, -0.1) is 0 Å². The van der Waals surface area contributed by atoms with Gasteiger partial charge in [-0.25, -0.2) is 4.98 Å². The van der Waals surface area contributed by atoms with Crippen LogP contribution in [0.4, 0.5) is 5.69 Å². The predicted molar refractivity (Wildman–Crippen MR) is 115 cm³/mol. The summed E-state index contributed by atoms with van der Waals surface area (Å²) in [5, 5.41) is 3.45. The molecule has 0 atom stereocenters. The minimum absolute atomic E-state index is 0.589. The Hall–Kier alpha value is -3.67. The smallest absolute Gasteiger partial charge is 0.203 e. The topological polar surface area (TPSA) is 68.4 Å². The molecule has 0 bridgehead atoms. The summed E-state index contributed by atoms with van der Waals surface area (Å²) in [6.07, 6.45) is 0. The van der Waals surface area contributed by atoms with Gasteiger partial charge in [0.05, 0.1) is 32.4 Å². The molecule has 0 unspecified atom stereocenters. The maximum absolute atomic E-state index is 5.43. The number of anilines is 1. The number of H-pyrrole nitrogens is 1.